The first-order chi connectivity index (χ1) is 19.8. The highest BCUT2D eigenvalue weighted by Crippen LogP contribution is 2.45. The normalized spacial score (nSPS) is 16.3. The summed E-state index contributed by atoms with van der Waals surface area (Å²) in [6, 6.07) is 12.0. The summed E-state index contributed by atoms with van der Waals surface area (Å²) in [5.74, 6) is -2.39. The number of rotatable bonds is 7. The molecule has 2 aromatic heterocycles. The Morgan fingerprint density at radius 1 is 1.10 bits per heavy atom. The minimum absolute atomic E-state index is 0.0401. The van der Waals surface area contributed by atoms with E-state index in [0.717, 1.165) is 23.3 Å². The van der Waals surface area contributed by atoms with Crippen LogP contribution in [0.4, 0.5) is 13.2 Å². The zero-order chi connectivity index (χ0) is 28.7. The first-order valence-corrected chi connectivity index (χ1v) is 13.2. The van der Waals surface area contributed by atoms with E-state index in [4.69, 9.17) is 19.2 Å². The van der Waals surface area contributed by atoms with Crippen molar-refractivity contribution in [2.45, 2.75) is 32.1 Å². The molecule has 3 heterocycles. The smallest absolute Gasteiger partial charge is 0.310 e. The molecule has 1 aliphatic rings. The second-order valence-electron chi connectivity index (χ2n) is 10.0. The number of halogens is 3. The number of H-pyrrole nitrogens is 2. The number of aromatic nitrogens is 3. The molecule has 0 bridgehead atoms. The van der Waals surface area contributed by atoms with Crippen molar-refractivity contribution in [3.63, 3.8) is 0 Å². The number of imidazole rings is 1. The molecular formula is C31H26F3N3O4. The van der Waals surface area contributed by atoms with Gasteiger partial charge in [0.15, 0.2) is 17.4 Å². The summed E-state index contributed by atoms with van der Waals surface area (Å²) >= 11 is 0. The zero-order valence-corrected chi connectivity index (χ0v) is 22.3. The molecule has 0 fully saturated rings. The number of para-hydroxylation sites is 1. The molecule has 1 atom stereocenters. The van der Waals surface area contributed by atoms with E-state index in [9.17, 15) is 13.6 Å². The van der Waals surface area contributed by atoms with Gasteiger partial charge in [-0.2, -0.15) is 0 Å². The number of ether oxygens (including phenoxy) is 3. The number of esters is 1. The number of nitrogens with one attached hydrogen (secondary N) is 2. The summed E-state index contributed by atoms with van der Waals surface area (Å²) in [6.07, 6.45) is 3.88. The fraction of sp³-hybridized carbons (Fsp3) is 0.226. The Bertz CT molecular complexity index is 1780. The van der Waals surface area contributed by atoms with Crippen LogP contribution in [0.5, 0.6) is 17.2 Å². The molecule has 0 spiro atoms. The summed E-state index contributed by atoms with van der Waals surface area (Å²) in [4.78, 5) is 22.7. The molecule has 0 unspecified atom stereocenters. The third-order valence-electron chi connectivity index (χ3n) is 7.44. The van der Waals surface area contributed by atoms with Crippen LogP contribution in [0.3, 0.4) is 0 Å². The molecule has 0 amide bonds. The van der Waals surface area contributed by atoms with Crippen molar-refractivity contribution >= 4 is 16.9 Å². The third-order valence-corrected chi connectivity index (χ3v) is 7.44. The topological polar surface area (TPSA) is 89.2 Å². The predicted molar refractivity (Wildman–Crippen MR) is 146 cm³/mol. The van der Waals surface area contributed by atoms with Crippen LogP contribution < -0.4 is 9.47 Å². The SMILES string of the molecule is CCOC(=O)Cc1cccc2c1OCC[C@]2(C)c1c[nH]c(-c2cc(Oc3c(F)cc4[nH]ccc4c3F)ccc2F)n1. The summed E-state index contributed by atoms with van der Waals surface area (Å²) in [5, 5.41) is 0.176. The van der Waals surface area contributed by atoms with Gasteiger partial charge >= 0.3 is 5.97 Å². The molecule has 2 N–H and O–H groups in total. The van der Waals surface area contributed by atoms with Crippen LogP contribution in [-0.2, 0) is 21.4 Å². The first kappa shape index (κ1) is 26.5. The fourth-order valence-electron chi connectivity index (χ4n) is 5.27. The quantitative estimate of drug-likeness (QED) is 0.210. The van der Waals surface area contributed by atoms with E-state index in [-0.39, 0.29) is 41.5 Å². The van der Waals surface area contributed by atoms with Crippen molar-refractivity contribution in [1.82, 2.24) is 15.0 Å². The minimum Gasteiger partial charge on any atom is -0.493 e. The molecule has 6 rings (SSSR count). The number of carbonyl (C=O) groups excluding carboxylic acids is 1. The van der Waals surface area contributed by atoms with Gasteiger partial charge in [0.2, 0.25) is 0 Å². The maximum atomic E-state index is 15.0. The van der Waals surface area contributed by atoms with Crippen LogP contribution in [0.2, 0.25) is 0 Å². The molecule has 10 heteroatoms. The molecule has 0 aliphatic carbocycles. The lowest BCUT2D eigenvalue weighted by Crippen LogP contribution is -2.32. The Kier molecular flexibility index (Phi) is 6.69. The van der Waals surface area contributed by atoms with E-state index in [1.807, 2.05) is 25.1 Å². The molecule has 0 saturated heterocycles. The van der Waals surface area contributed by atoms with Gasteiger partial charge in [0.05, 0.1) is 36.4 Å². The number of hydrogen-bond acceptors (Lipinski definition) is 5. The summed E-state index contributed by atoms with van der Waals surface area (Å²) in [7, 11) is 0. The van der Waals surface area contributed by atoms with Crippen LogP contribution in [-0.4, -0.2) is 34.1 Å². The molecule has 41 heavy (non-hydrogen) atoms. The van der Waals surface area contributed by atoms with E-state index in [0.29, 0.717) is 30.0 Å². The van der Waals surface area contributed by atoms with E-state index in [1.54, 1.807) is 13.1 Å². The highest BCUT2D eigenvalue weighted by molar-refractivity contribution is 5.82. The lowest BCUT2D eigenvalue weighted by Gasteiger charge is -2.35. The molecule has 0 saturated carbocycles. The average Bonchev–Trinajstić information content (AvgIpc) is 3.63. The molecule has 1 aliphatic heterocycles. The minimum atomic E-state index is -0.892. The standard InChI is InChI=1S/C31H26F3N3O4/c1-3-39-26(38)13-17-5-4-6-21-28(17)40-12-10-31(21,2)25-16-36-30(37-25)20-14-18(7-8-22(20)32)41-29-23(33)15-24-19(27(29)34)9-11-35-24/h4-9,11,14-16,35H,3,10,12-13H2,1-2H3,(H,36,37)/t31-/m0/s1. The highest BCUT2D eigenvalue weighted by atomic mass is 19.1. The second-order valence-corrected chi connectivity index (χ2v) is 10.0. The number of nitrogens with zero attached hydrogens (tertiary/aromatic N) is 1. The van der Waals surface area contributed by atoms with Gasteiger partial charge < -0.3 is 24.2 Å². The average molecular weight is 562 g/mol. The van der Waals surface area contributed by atoms with Crippen molar-refractivity contribution in [3.8, 4) is 28.6 Å². The van der Waals surface area contributed by atoms with Gasteiger partial charge in [-0.05, 0) is 44.5 Å². The Morgan fingerprint density at radius 2 is 1.95 bits per heavy atom. The lowest BCUT2D eigenvalue weighted by atomic mass is 9.74. The van der Waals surface area contributed by atoms with E-state index < -0.39 is 28.6 Å². The first-order valence-electron chi connectivity index (χ1n) is 13.2. The molecular weight excluding hydrogens is 535 g/mol. The van der Waals surface area contributed by atoms with Crippen LogP contribution in [0.25, 0.3) is 22.3 Å². The number of aromatic amines is 2. The Labute approximate surface area is 233 Å². The number of hydrogen-bond donors (Lipinski definition) is 2. The van der Waals surface area contributed by atoms with Gasteiger partial charge in [-0.3, -0.25) is 4.79 Å². The second kappa shape index (κ2) is 10.3. The zero-order valence-electron chi connectivity index (χ0n) is 22.3. The van der Waals surface area contributed by atoms with E-state index in [2.05, 4.69) is 9.97 Å². The monoisotopic (exact) mass is 561 g/mol. The number of fused-ring (bicyclic) bond motifs is 2. The van der Waals surface area contributed by atoms with Gasteiger partial charge in [-0.1, -0.05) is 18.2 Å². The van der Waals surface area contributed by atoms with Crippen LogP contribution in [0, 0.1) is 17.5 Å². The van der Waals surface area contributed by atoms with Crippen molar-refractivity contribution in [3.05, 3.63) is 95.2 Å². The predicted octanol–water partition coefficient (Wildman–Crippen LogP) is 6.96. The van der Waals surface area contributed by atoms with E-state index in [1.165, 1.54) is 24.4 Å². The van der Waals surface area contributed by atoms with E-state index >= 15 is 4.39 Å². The summed E-state index contributed by atoms with van der Waals surface area (Å²) in [5.41, 5.74) is 1.99. The number of benzene rings is 3. The van der Waals surface area contributed by atoms with Crippen molar-refractivity contribution in [2.75, 3.05) is 13.2 Å². The Morgan fingerprint density at radius 3 is 2.78 bits per heavy atom. The van der Waals surface area contributed by atoms with Crippen molar-refractivity contribution in [2.24, 2.45) is 0 Å². The summed E-state index contributed by atoms with van der Waals surface area (Å²) < 4.78 is 61.3. The summed E-state index contributed by atoms with van der Waals surface area (Å²) in [6.45, 7) is 4.45. The van der Waals surface area contributed by atoms with Crippen LogP contribution >= 0.6 is 0 Å². The van der Waals surface area contributed by atoms with Gasteiger partial charge in [0.1, 0.15) is 23.1 Å². The molecule has 7 nitrogen and oxygen atoms in total. The molecule has 210 valence electrons. The maximum absolute atomic E-state index is 15.0. The molecule has 5 aromatic rings. The highest BCUT2D eigenvalue weighted by Gasteiger charge is 2.38. The fourth-order valence-corrected chi connectivity index (χ4v) is 5.27. The van der Waals surface area contributed by atoms with Crippen molar-refractivity contribution in [1.29, 1.82) is 0 Å². The third kappa shape index (κ3) is 4.69. The molecule has 0 radical (unpaired) electrons. The van der Waals surface area contributed by atoms with Crippen LogP contribution in [0.15, 0.2) is 60.9 Å². The van der Waals surface area contributed by atoms with Gasteiger partial charge in [-0.25, -0.2) is 18.2 Å². The number of carbonyl (C=O) groups is 1. The van der Waals surface area contributed by atoms with Gasteiger partial charge in [-0.15, -0.1) is 0 Å². The van der Waals surface area contributed by atoms with Gasteiger partial charge in [0, 0.05) is 40.4 Å². The largest absolute Gasteiger partial charge is 0.493 e. The lowest BCUT2D eigenvalue weighted by molar-refractivity contribution is -0.142. The maximum Gasteiger partial charge on any atom is 0.310 e. The Balaban J connectivity index is 1.33. The van der Waals surface area contributed by atoms with Crippen molar-refractivity contribution < 1.29 is 32.2 Å². The Hall–Kier alpha value is -4.73. The molecule has 3 aromatic carbocycles. The van der Waals surface area contributed by atoms with Gasteiger partial charge in [0.25, 0.3) is 0 Å². The van der Waals surface area contributed by atoms with Crippen LogP contribution in [0.1, 0.15) is 37.1 Å².